The van der Waals surface area contributed by atoms with Gasteiger partial charge >= 0.3 is 6.09 Å². The minimum Gasteiger partial charge on any atom is -0.496 e. The lowest BCUT2D eigenvalue weighted by Gasteiger charge is -2.21. The second-order valence-electron chi connectivity index (χ2n) is 8.30. The van der Waals surface area contributed by atoms with Crippen LogP contribution in [0, 0.1) is 11.3 Å². The maximum Gasteiger partial charge on any atom is 0.408 e. The van der Waals surface area contributed by atoms with Gasteiger partial charge in [0, 0.05) is 13.5 Å². The van der Waals surface area contributed by atoms with Gasteiger partial charge < -0.3 is 29.5 Å². The van der Waals surface area contributed by atoms with Crippen molar-refractivity contribution in [3.63, 3.8) is 0 Å². The predicted molar refractivity (Wildman–Crippen MR) is 116 cm³/mol. The number of anilines is 1. The number of alkyl carbamates (subject to hydrolysis) is 1. The van der Waals surface area contributed by atoms with Gasteiger partial charge in [-0.2, -0.15) is 5.26 Å². The first-order valence-electron chi connectivity index (χ1n) is 9.89. The highest BCUT2D eigenvalue weighted by molar-refractivity contribution is 5.75. The number of nitrogens with one attached hydrogen (secondary N) is 1. The summed E-state index contributed by atoms with van der Waals surface area (Å²) >= 11 is 0. The number of nitrogens with zero attached hydrogens (tertiary/aromatic N) is 2. The van der Waals surface area contributed by atoms with Crippen molar-refractivity contribution >= 4 is 11.8 Å². The summed E-state index contributed by atoms with van der Waals surface area (Å²) in [4.78, 5) is 13.6. The molecule has 1 aliphatic rings. The van der Waals surface area contributed by atoms with Gasteiger partial charge in [0.1, 0.15) is 23.1 Å². The lowest BCUT2D eigenvalue weighted by Crippen LogP contribution is -2.39. The molecule has 2 aromatic rings. The van der Waals surface area contributed by atoms with Crippen LogP contribution < -0.4 is 19.7 Å². The standard InChI is InChI=1S/C23H27N3O5/c1-23(2,3)31-21(27)25-17(13-24)10-16-7-6-15(12-20(16)29-5)14-8-9-19-18(11-14)26(4)22(28)30-19/h6-9,11-12,17,22,28H,10H2,1-5H3,(H,25,27)/t17-,22-/m0/s1. The van der Waals surface area contributed by atoms with Crippen LogP contribution in [0.2, 0.25) is 0 Å². The summed E-state index contributed by atoms with van der Waals surface area (Å²) in [7, 11) is 3.32. The second kappa shape index (κ2) is 8.74. The van der Waals surface area contributed by atoms with Gasteiger partial charge in [-0.05, 0) is 55.7 Å². The van der Waals surface area contributed by atoms with Gasteiger partial charge in [0.25, 0.3) is 6.41 Å². The number of ether oxygens (including phenoxy) is 3. The van der Waals surface area contributed by atoms with Crippen LogP contribution in [0.1, 0.15) is 26.3 Å². The molecule has 0 aliphatic carbocycles. The molecule has 8 heteroatoms. The number of rotatable bonds is 5. The third-order valence-electron chi connectivity index (χ3n) is 4.79. The minimum absolute atomic E-state index is 0.270. The fourth-order valence-electron chi connectivity index (χ4n) is 3.28. The van der Waals surface area contributed by atoms with Crippen LogP contribution in [-0.4, -0.2) is 43.4 Å². The van der Waals surface area contributed by atoms with E-state index in [2.05, 4.69) is 11.4 Å². The zero-order valence-corrected chi connectivity index (χ0v) is 18.3. The first-order chi connectivity index (χ1) is 14.6. The molecule has 2 N–H and O–H groups in total. The van der Waals surface area contributed by atoms with Crippen molar-refractivity contribution in [2.45, 2.75) is 45.2 Å². The molecule has 0 spiro atoms. The average Bonchev–Trinajstić information content (AvgIpc) is 2.99. The molecule has 0 saturated heterocycles. The highest BCUT2D eigenvalue weighted by atomic mass is 16.6. The smallest absolute Gasteiger partial charge is 0.408 e. The fraction of sp³-hybridized carbons (Fsp3) is 0.391. The molecule has 0 radical (unpaired) electrons. The lowest BCUT2D eigenvalue weighted by molar-refractivity contribution is 0.000974. The van der Waals surface area contributed by atoms with E-state index in [9.17, 15) is 15.2 Å². The van der Waals surface area contributed by atoms with Crippen LogP contribution in [-0.2, 0) is 11.2 Å². The highest BCUT2D eigenvalue weighted by Crippen LogP contribution is 2.39. The quantitative estimate of drug-likeness (QED) is 0.756. The number of hydrogen-bond acceptors (Lipinski definition) is 7. The van der Waals surface area contributed by atoms with E-state index in [4.69, 9.17) is 14.2 Å². The van der Waals surface area contributed by atoms with Crippen molar-refractivity contribution in [2.24, 2.45) is 0 Å². The molecule has 0 aromatic heterocycles. The van der Waals surface area contributed by atoms with Crippen LogP contribution in [0.3, 0.4) is 0 Å². The van der Waals surface area contributed by atoms with Gasteiger partial charge in [0.2, 0.25) is 0 Å². The zero-order chi connectivity index (χ0) is 22.8. The Labute approximate surface area is 181 Å². The van der Waals surface area contributed by atoms with Crippen molar-refractivity contribution < 1.29 is 24.1 Å². The largest absolute Gasteiger partial charge is 0.496 e. The van der Waals surface area contributed by atoms with Gasteiger partial charge in [-0.3, -0.25) is 0 Å². The van der Waals surface area contributed by atoms with Gasteiger partial charge in [-0.25, -0.2) is 4.79 Å². The van der Waals surface area contributed by atoms with E-state index >= 15 is 0 Å². The maximum atomic E-state index is 12.0. The molecule has 2 aromatic carbocycles. The normalized spacial score (nSPS) is 16.0. The average molecular weight is 425 g/mol. The Morgan fingerprint density at radius 2 is 1.97 bits per heavy atom. The maximum absolute atomic E-state index is 12.0. The zero-order valence-electron chi connectivity index (χ0n) is 18.3. The summed E-state index contributed by atoms with van der Waals surface area (Å²) in [5.74, 6) is 1.22. The van der Waals surface area contributed by atoms with Crippen molar-refractivity contribution in [1.29, 1.82) is 5.26 Å². The van der Waals surface area contributed by atoms with Crippen molar-refractivity contribution in [3.05, 3.63) is 42.0 Å². The highest BCUT2D eigenvalue weighted by Gasteiger charge is 2.26. The number of amides is 1. The molecule has 8 nitrogen and oxygen atoms in total. The van der Waals surface area contributed by atoms with E-state index in [0.29, 0.717) is 11.5 Å². The molecular weight excluding hydrogens is 398 g/mol. The van der Waals surface area contributed by atoms with Gasteiger partial charge in [-0.1, -0.05) is 18.2 Å². The topological polar surface area (TPSA) is 104 Å². The number of carbonyl (C=O) groups excluding carboxylic acids is 1. The van der Waals surface area contributed by atoms with E-state index in [1.165, 1.54) is 0 Å². The van der Waals surface area contributed by atoms with Crippen LogP contribution in [0.25, 0.3) is 11.1 Å². The summed E-state index contributed by atoms with van der Waals surface area (Å²) < 4.78 is 16.1. The molecule has 0 saturated carbocycles. The summed E-state index contributed by atoms with van der Waals surface area (Å²) in [6.45, 7) is 5.29. The molecule has 1 aliphatic heterocycles. The summed E-state index contributed by atoms with van der Waals surface area (Å²) in [6.07, 6.45) is -1.37. The molecule has 0 unspecified atom stereocenters. The Bertz CT molecular complexity index is 1010. The predicted octanol–water partition coefficient (Wildman–Crippen LogP) is 3.43. The summed E-state index contributed by atoms with van der Waals surface area (Å²) in [5, 5.41) is 21.9. The number of methoxy groups -OCH3 is 1. The Balaban J connectivity index is 1.79. The summed E-state index contributed by atoms with van der Waals surface area (Å²) in [5.41, 5.74) is 2.77. The SMILES string of the molecule is COc1cc(-c2ccc3c(c2)N(C)[C@@H](O)O3)ccc1C[C@@H](C#N)NC(=O)OC(C)(C)C. The number of aliphatic hydroxyl groups excluding tert-OH is 1. The molecule has 1 heterocycles. The number of carbonyl (C=O) groups is 1. The first kappa shape index (κ1) is 22.2. The number of nitriles is 1. The Morgan fingerprint density at radius 3 is 2.61 bits per heavy atom. The summed E-state index contributed by atoms with van der Waals surface area (Å²) in [6, 6.07) is 12.7. The first-order valence-corrected chi connectivity index (χ1v) is 9.89. The van der Waals surface area contributed by atoms with E-state index in [-0.39, 0.29) is 6.42 Å². The Kier molecular flexibility index (Phi) is 6.27. The molecule has 3 rings (SSSR count). The van der Waals surface area contributed by atoms with E-state index in [0.717, 1.165) is 22.4 Å². The third-order valence-corrected chi connectivity index (χ3v) is 4.79. The molecule has 1 amide bonds. The van der Waals surface area contributed by atoms with Crippen LogP contribution in [0.4, 0.5) is 10.5 Å². The molecule has 2 atom stereocenters. The molecule has 31 heavy (non-hydrogen) atoms. The fourth-order valence-corrected chi connectivity index (χ4v) is 3.28. The van der Waals surface area contributed by atoms with E-state index in [1.54, 1.807) is 39.8 Å². The molecule has 0 bridgehead atoms. The number of fused-ring (bicyclic) bond motifs is 1. The number of benzene rings is 2. The van der Waals surface area contributed by atoms with Gasteiger partial charge in [-0.15, -0.1) is 0 Å². The molecular formula is C23H27N3O5. The van der Waals surface area contributed by atoms with Crippen LogP contribution >= 0.6 is 0 Å². The van der Waals surface area contributed by atoms with E-state index in [1.807, 2.05) is 36.4 Å². The Morgan fingerprint density at radius 1 is 1.29 bits per heavy atom. The van der Waals surface area contributed by atoms with Crippen molar-refractivity contribution in [3.8, 4) is 28.7 Å². The molecule has 0 fully saturated rings. The number of aliphatic hydroxyl groups is 1. The monoisotopic (exact) mass is 425 g/mol. The second-order valence-corrected chi connectivity index (χ2v) is 8.30. The van der Waals surface area contributed by atoms with Crippen LogP contribution in [0.5, 0.6) is 11.5 Å². The van der Waals surface area contributed by atoms with Gasteiger partial charge in [0.15, 0.2) is 0 Å². The number of hydrogen-bond donors (Lipinski definition) is 2. The Hall–Kier alpha value is -3.44. The van der Waals surface area contributed by atoms with Crippen LogP contribution in [0.15, 0.2) is 36.4 Å². The van der Waals surface area contributed by atoms with E-state index < -0.39 is 24.2 Å². The van der Waals surface area contributed by atoms with Crippen molar-refractivity contribution in [1.82, 2.24) is 5.32 Å². The lowest BCUT2D eigenvalue weighted by atomic mass is 9.99. The molecule has 164 valence electrons. The third kappa shape index (κ3) is 5.19. The van der Waals surface area contributed by atoms with Crippen molar-refractivity contribution in [2.75, 3.05) is 19.1 Å². The minimum atomic E-state index is -0.998. The van der Waals surface area contributed by atoms with Gasteiger partial charge in [0.05, 0.1) is 18.9 Å².